The van der Waals surface area contributed by atoms with Gasteiger partial charge in [0.05, 0.1) is 0 Å². The fourth-order valence-corrected chi connectivity index (χ4v) is 1.81. The summed E-state index contributed by atoms with van der Waals surface area (Å²) in [5, 5.41) is 11.4. The van der Waals surface area contributed by atoms with Gasteiger partial charge in [-0.25, -0.2) is 0 Å². The maximum Gasteiger partial charge on any atom is 0.192 e. The normalized spacial score (nSPS) is 13.3. The van der Waals surface area contributed by atoms with Crippen LogP contribution in [-0.4, -0.2) is 17.0 Å². The Balaban J connectivity index is 2.86. The average Bonchev–Trinajstić information content (AvgIpc) is 2.48. The second-order valence-electron chi connectivity index (χ2n) is 3.44. The molecule has 1 rings (SSSR count). The third-order valence-corrected chi connectivity index (χ3v) is 2.87. The first-order chi connectivity index (χ1) is 6.04. The Bertz CT molecular complexity index is 302. The molecule has 1 N–H and O–H groups in total. The first-order valence-corrected chi connectivity index (χ1v) is 5.18. The number of rotatable bonds is 3. The van der Waals surface area contributed by atoms with Crippen LogP contribution < -0.4 is 0 Å². The smallest absolute Gasteiger partial charge is 0.192 e. The Hall–Kier alpha value is -0.670. The molecule has 1 aromatic heterocycles. The highest BCUT2D eigenvalue weighted by Gasteiger charge is 2.22. The molecule has 13 heavy (non-hydrogen) atoms. The first kappa shape index (κ1) is 10.4. The van der Waals surface area contributed by atoms with E-state index in [1.54, 1.807) is 6.07 Å². The van der Waals surface area contributed by atoms with Gasteiger partial charge in [0.25, 0.3) is 0 Å². The van der Waals surface area contributed by atoms with E-state index in [4.69, 9.17) is 0 Å². The van der Waals surface area contributed by atoms with Crippen LogP contribution in [0.25, 0.3) is 0 Å². The Kier molecular flexibility index (Phi) is 3.22. The van der Waals surface area contributed by atoms with E-state index < -0.39 is 6.10 Å². The molecule has 2 nitrogen and oxygen atoms in total. The Morgan fingerprint density at radius 1 is 1.54 bits per heavy atom. The molecule has 0 aromatic carbocycles. The molecule has 0 saturated carbocycles. The van der Waals surface area contributed by atoms with Crippen molar-refractivity contribution in [2.45, 2.75) is 26.9 Å². The third-order valence-electron chi connectivity index (χ3n) is 2.02. The van der Waals surface area contributed by atoms with Gasteiger partial charge < -0.3 is 5.11 Å². The van der Waals surface area contributed by atoms with E-state index in [9.17, 15) is 9.90 Å². The third kappa shape index (κ3) is 2.17. The lowest BCUT2D eigenvalue weighted by molar-refractivity contribution is 0.0648. The van der Waals surface area contributed by atoms with Crippen molar-refractivity contribution in [1.29, 1.82) is 0 Å². The first-order valence-electron chi connectivity index (χ1n) is 4.30. The van der Waals surface area contributed by atoms with Crippen molar-refractivity contribution >= 4 is 17.1 Å². The quantitative estimate of drug-likeness (QED) is 0.756. The second kappa shape index (κ2) is 4.03. The second-order valence-corrected chi connectivity index (χ2v) is 4.56. The summed E-state index contributed by atoms with van der Waals surface area (Å²) in [4.78, 5) is 12.6. The van der Waals surface area contributed by atoms with Gasteiger partial charge in [0, 0.05) is 10.4 Å². The SMILES string of the molecule is Cc1sccc1C(=O)C(O)C(C)C. The minimum atomic E-state index is -0.867. The Morgan fingerprint density at radius 3 is 2.54 bits per heavy atom. The molecule has 0 bridgehead atoms. The molecule has 0 fully saturated rings. The van der Waals surface area contributed by atoms with Gasteiger partial charge in [-0.1, -0.05) is 13.8 Å². The van der Waals surface area contributed by atoms with E-state index in [0.29, 0.717) is 5.56 Å². The average molecular weight is 198 g/mol. The highest BCUT2D eigenvalue weighted by molar-refractivity contribution is 7.10. The molecule has 1 heterocycles. The highest BCUT2D eigenvalue weighted by atomic mass is 32.1. The topological polar surface area (TPSA) is 37.3 Å². The number of thiophene rings is 1. The molecule has 0 saturated heterocycles. The van der Waals surface area contributed by atoms with E-state index in [0.717, 1.165) is 4.88 Å². The van der Waals surface area contributed by atoms with Gasteiger partial charge in [0.15, 0.2) is 5.78 Å². The molecule has 72 valence electrons. The minimum absolute atomic E-state index is 0.0215. The van der Waals surface area contributed by atoms with Crippen molar-refractivity contribution in [2.75, 3.05) is 0 Å². The molecule has 0 amide bonds. The van der Waals surface area contributed by atoms with Crippen LogP contribution in [-0.2, 0) is 0 Å². The van der Waals surface area contributed by atoms with Crippen molar-refractivity contribution in [1.82, 2.24) is 0 Å². The zero-order valence-corrected chi connectivity index (χ0v) is 8.89. The van der Waals surface area contributed by atoms with Gasteiger partial charge in [-0.15, -0.1) is 11.3 Å². The van der Waals surface area contributed by atoms with E-state index in [1.165, 1.54) is 11.3 Å². The van der Waals surface area contributed by atoms with Gasteiger partial charge in [0.2, 0.25) is 0 Å². The number of aryl methyl sites for hydroxylation is 1. The molecular weight excluding hydrogens is 184 g/mol. The molecular formula is C10H14O2S. The Morgan fingerprint density at radius 2 is 2.15 bits per heavy atom. The van der Waals surface area contributed by atoms with Crippen LogP contribution in [0.1, 0.15) is 29.1 Å². The van der Waals surface area contributed by atoms with E-state index >= 15 is 0 Å². The fourth-order valence-electron chi connectivity index (χ4n) is 1.10. The number of hydrogen-bond acceptors (Lipinski definition) is 3. The lowest BCUT2D eigenvalue weighted by Gasteiger charge is -2.12. The number of ketones is 1. The van der Waals surface area contributed by atoms with Gasteiger partial charge in [-0.3, -0.25) is 4.79 Å². The zero-order chi connectivity index (χ0) is 10.0. The van der Waals surface area contributed by atoms with Crippen molar-refractivity contribution in [3.05, 3.63) is 21.9 Å². The van der Waals surface area contributed by atoms with Gasteiger partial charge in [0.1, 0.15) is 6.10 Å². The summed E-state index contributed by atoms with van der Waals surface area (Å²) in [5.41, 5.74) is 0.659. The molecule has 1 atom stereocenters. The van der Waals surface area contributed by atoms with Crippen molar-refractivity contribution in [2.24, 2.45) is 5.92 Å². The fraction of sp³-hybridized carbons (Fsp3) is 0.500. The van der Waals surface area contributed by atoms with E-state index in [1.807, 2.05) is 26.2 Å². The molecule has 0 aliphatic rings. The maximum atomic E-state index is 11.6. The predicted octanol–water partition coefficient (Wildman–Crippen LogP) is 2.26. The zero-order valence-electron chi connectivity index (χ0n) is 8.07. The summed E-state index contributed by atoms with van der Waals surface area (Å²) >= 11 is 1.53. The van der Waals surface area contributed by atoms with E-state index in [-0.39, 0.29) is 11.7 Å². The molecule has 0 radical (unpaired) electrons. The summed E-state index contributed by atoms with van der Waals surface area (Å²) in [6, 6.07) is 1.77. The molecule has 0 aliphatic carbocycles. The van der Waals surface area contributed by atoms with Crippen LogP contribution >= 0.6 is 11.3 Å². The van der Waals surface area contributed by atoms with Gasteiger partial charge >= 0.3 is 0 Å². The summed E-state index contributed by atoms with van der Waals surface area (Å²) in [7, 11) is 0. The summed E-state index contributed by atoms with van der Waals surface area (Å²) < 4.78 is 0. The summed E-state index contributed by atoms with van der Waals surface area (Å²) in [6.45, 7) is 5.57. The number of Topliss-reactive ketones (excluding diaryl/α,β-unsaturated/α-hetero) is 1. The summed E-state index contributed by atoms with van der Waals surface area (Å²) in [6.07, 6.45) is -0.867. The van der Waals surface area contributed by atoms with Gasteiger partial charge in [-0.05, 0) is 24.3 Å². The number of aliphatic hydroxyl groups is 1. The van der Waals surface area contributed by atoms with Crippen LogP contribution in [0, 0.1) is 12.8 Å². The lowest BCUT2D eigenvalue weighted by Crippen LogP contribution is -2.26. The lowest BCUT2D eigenvalue weighted by atomic mass is 9.98. The molecule has 0 aliphatic heterocycles. The van der Waals surface area contributed by atoms with Crippen molar-refractivity contribution < 1.29 is 9.90 Å². The van der Waals surface area contributed by atoms with E-state index in [2.05, 4.69) is 0 Å². The summed E-state index contributed by atoms with van der Waals surface area (Å²) in [5.74, 6) is -0.180. The van der Waals surface area contributed by atoms with Crippen LogP contribution in [0.2, 0.25) is 0 Å². The molecule has 1 aromatic rings. The highest BCUT2D eigenvalue weighted by Crippen LogP contribution is 2.18. The number of aliphatic hydroxyl groups excluding tert-OH is 1. The monoisotopic (exact) mass is 198 g/mol. The standard InChI is InChI=1S/C10H14O2S/c1-6(2)9(11)10(12)8-4-5-13-7(8)3/h4-6,9,11H,1-3H3. The van der Waals surface area contributed by atoms with Crippen LogP contribution in [0.3, 0.4) is 0 Å². The van der Waals surface area contributed by atoms with Crippen LogP contribution in [0.15, 0.2) is 11.4 Å². The molecule has 0 spiro atoms. The number of carbonyl (C=O) groups excluding carboxylic acids is 1. The number of carbonyl (C=O) groups is 1. The minimum Gasteiger partial charge on any atom is -0.385 e. The van der Waals surface area contributed by atoms with Crippen LogP contribution in [0.5, 0.6) is 0 Å². The maximum absolute atomic E-state index is 11.6. The molecule has 1 unspecified atom stereocenters. The molecule has 3 heteroatoms. The number of hydrogen-bond donors (Lipinski definition) is 1. The van der Waals surface area contributed by atoms with Crippen molar-refractivity contribution in [3.63, 3.8) is 0 Å². The predicted molar refractivity (Wildman–Crippen MR) is 54.2 cm³/mol. The largest absolute Gasteiger partial charge is 0.385 e. The van der Waals surface area contributed by atoms with Gasteiger partial charge in [-0.2, -0.15) is 0 Å². The van der Waals surface area contributed by atoms with Crippen molar-refractivity contribution in [3.8, 4) is 0 Å². The van der Waals surface area contributed by atoms with Crippen LogP contribution in [0.4, 0.5) is 0 Å². The Labute approximate surface area is 82.2 Å².